The van der Waals surface area contributed by atoms with E-state index in [9.17, 15) is 0 Å². The Bertz CT molecular complexity index is 441. The second-order valence-corrected chi connectivity index (χ2v) is 6.76. The molecular weight excluding hydrogens is 224 g/mol. The van der Waals surface area contributed by atoms with Crippen LogP contribution in [0.2, 0.25) is 0 Å². The monoisotopic (exact) mass is 246 g/mol. The standard InChI is InChI=1S/C14H22N4/c1-16-13-5-12(15)17-18(13)14-6-9-2-10(7-14)4-11(3-9)8-14/h5,9-11,16H,2-4,6-8H2,1H3,(H2,15,17). The van der Waals surface area contributed by atoms with E-state index in [0.29, 0.717) is 5.82 Å². The van der Waals surface area contributed by atoms with Gasteiger partial charge in [0.1, 0.15) is 11.6 Å². The number of anilines is 2. The lowest BCUT2D eigenvalue weighted by molar-refractivity contribution is -0.0480. The molecule has 4 heteroatoms. The lowest BCUT2D eigenvalue weighted by Crippen LogP contribution is -2.52. The third kappa shape index (κ3) is 1.35. The Morgan fingerprint density at radius 3 is 2.28 bits per heavy atom. The third-order valence-corrected chi connectivity index (χ3v) is 5.44. The normalized spacial score (nSPS) is 41.3. The molecule has 1 aromatic heterocycles. The molecule has 18 heavy (non-hydrogen) atoms. The van der Waals surface area contributed by atoms with Gasteiger partial charge in [-0.15, -0.1) is 0 Å². The summed E-state index contributed by atoms with van der Waals surface area (Å²) >= 11 is 0. The maximum atomic E-state index is 5.90. The van der Waals surface area contributed by atoms with E-state index in [1.807, 2.05) is 13.1 Å². The molecule has 4 aliphatic carbocycles. The van der Waals surface area contributed by atoms with Crippen molar-refractivity contribution in [2.45, 2.75) is 44.1 Å². The van der Waals surface area contributed by atoms with Crippen LogP contribution in [0.1, 0.15) is 38.5 Å². The predicted molar refractivity (Wildman–Crippen MR) is 72.3 cm³/mol. The number of aromatic nitrogens is 2. The Morgan fingerprint density at radius 1 is 1.22 bits per heavy atom. The molecule has 0 amide bonds. The average Bonchev–Trinajstić information content (AvgIpc) is 2.69. The molecule has 0 aliphatic heterocycles. The van der Waals surface area contributed by atoms with E-state index in [4.69, 9.17) is 5.73 Å². The van der Waals surface area contributed by atoms with Gasteiger partial charge in [0.25, 0.3) is 0 Å². The summed E-state index contributed by atoms with van der Waals surface area (Å²) in [6.45, 7) is 0. The number of nitrogens with zero attached hydrogens (tertiary/aromatic N) is 2. The Balaban J connectivity index is 1.78. The van der Waals surface area contributed by atoms with Gasteiger partial charge in [0.15, 0.2) is 0 Å². The zero-order valence-electron chi connectivity index (χ0n) is 11.0. The first-order valence-corrected chi connectivity index (χ1v) is 7.22. The van der Waals surface area contributed by atoms with Gasteiger partial charge in [-0.25, -0.2) is 4.68 Å². The van der Waals surface area contributed by atoms with Crippen molar-refractivity contribution in [3.8, 4) is 0 Å². The first-order valence-electron chi connectivity index (χ1n) is 7.22. The van der Waals surface area contributed by atoms with Gasteiger partial charge < -0.3 is 11.1 Å². The second-order valence-electron chi connectivity index (χ2n) is 6.76. The van der Waals surface area contributed by atoms with Gasteiger partial charge >= 0.3 is 0 Å². The van der Waals surface area contributed by atoms with Gasteiger partial charge in [-0.3, -0.25) is 0 Å². The summed E-state index contributed by atoms with van der Waals surface area (Å²) in [6.07, 6.45) is 8.33. The number of rotatable bonds is 2. The maximum Gasteiger partial charge on any atom is 0.147 e. The van der Waals surface area contributed by atoms with Crippen LogP contribution < -0.4 is 11.1 Å². The number of nitrogens with two attached hydrogens (primary N) is 1. The fourth-order valence-corrected chi connectivity index (χ4v) is 5.26. The first kappa shape index (κ1) is 10.7. The van der Waals surface area contributed by atoms with E-state index in [-0.39, 0.29) is 5.54 Å². The van der Waals surface area contributed by atoms with E-state index in [1.54, 1.807) is 0 Å². The van der Waals surface area contributed by atoms with Crippen LogP contribution in [-0.2, 0) is 5.54 Å². The van der Waals surface area contributed by atoms with Crippen LogP contribution in [0, 0.1) is 17.8 Å². The topological polar surface area (TPSA) is 55.9 Å². The molecule has 1 aromatic rings. The Morgan fingerprint density at radius 2 is 1.78 bits per heavy atom. The Hall–Kier alpha value is -1.19. The molecule has 4 bridgehead atoms. The lowest BCUT2D eigenvalue weighted by atomic mass is 9.53. The van der Waals surface area contributed by atoms with E-state index in [0.717, 1.165) is 23.6 Å². The molecule has 0 atom stereocenters. The van der Waals surface area contributed by atoms with Crippen molar-refractivity contribution in [3.63, 3.8) is 0 Å². The van der Waals surface area contributed by atoms with Gasteiger partial charge in [0, 0.05) is 13.1 Å². The third-order valence-electron chi connectivity index (χ3n) is 5.44. The van der Waals surface area contributed by atoms with Crippen molar-refractivity contribution >= 4 is 11.6 Å². The molecule has 0 radical (unpaired) electrons. The van der Waals surface area contributed by atoms with Gasteiger partial charge in [-0.05, 0) is 56.3 Å². The minimum Gasteiger partial charge on any atom is -0.382 e. The second kappa shape index (κ2) is 3.43. The van der Waals surface area contributed by atoms with Crippen LogP contribution in [0.4, 0.5) is 11.6 Å². The van der Waals surface area contributed by atoms with Crippen molar-refractivity contribution in [1.82, 2.24) is 9.78 Å². The minimum absolute atomic E-state index is 0.269. The number of nitrogen functional groups attached to an aromatic ring is 1. The molecule has 98 valence electrons. The highest BCUT2D eigenvalue weighted by molar-refractivity contribution is 5.46. The number of nitrogens with one attached hydrogen (secondary N) is 1. The SMILES string of the molecule is CNc1cc(N)nn1C12CC3CC(CC(C3)C1)C2. The first-order chi connectivity index (χ1) is 8.68. The van der Waals surface area contributed by atoms with Crippen molar-refractivity contribution in [3.05, 3.63) is 6.07 Å². The summed E-state index contributed by atoms with van der Waals surface area (Å²) in [5, 5.41) is 7.87. The maximum absolute atomic E-state index is 5.90. The highest BCUT2D eigenvalue weighted by Crippen LogP contribution is 2.59. The molecule has 4 aliphatic rings. The van der Waals surface area contributed by atoms with E-state index < -0.39 is 0 Å². The summed E-state index contributed by atoms with van der Waals surface area (Å²) in [5.74, 6) is 4.55. The van der Waals surface area contributed by atoms with Crippen molar-refractivity contribution in [2.24, 2.45) is 17.8 Å². The van der Waals surface area contributed by atoms with Gasteiger partial charge in [0.05, 0.1) is 5.54 Å². The molecule has 4 saturated carbocycles. The van der Waals surface area contributed by atoms with Crippen LogP contribution in [0.5, 0.6) is 0 Å². The largest absolute Gasteiger partial charge is 0.382 e. The van der Waals surface area contributed by atoms with E-state index >= 15 is 0 Å². The van der Waals surface area contributed by atoms with Crippen molar-refractivity contribution in [1.29, 1.82) is 0 Å². The number of hydrogen-bond donors (Lipinski definition) is 2. The molecule has 3 N–H and O–H groups in total. The molecule has 0 spiro atoms. The van der Waals surface area contributed by atoms with Crippen molar-refractivity contribution < 1.29 is 0 Å². The quantitative estimate of drug-likeness (QED) is 0.842. The molecular formula is C14H22N4. The van der Waals surface area contributed by atoms with Crippen LogP contribution in [0.15, 0.2) is 6.07 Å². The zero-order chi connectivity index (χ0) is 12.3. The van der Waals surface area contributed by atoms with Crippen LogP contribution >= 0.6 is 0 Å². The molecule has 0 saturated heterocycles. The zero-order valence-corrected chi connectivity index (χ0v) is 11.0. The highest BCUT2D eigenvalue weighted by atomic mass is 15.4. The van der Waals surface area contributed by atoms with Crippen LogP contribution in [0.3, 0.4) is 0 Å². The molecule has 5 rings (SSSR count). The van der Waals surface area contributed by atoms with Crippen LogP contribution in [-0.4, -0.2) is 16.8 Å². The highest BCUT2D eigenvalue weighted by Gasteiger charge is 2.53. The fraction of sp³-hybridized carbons (Fsp3) is 0.786. The summed E-state index contributed by atoms with van der Waals surface area (Å²) in [6, 6.07) is 1.97. The van der Waals surface area contributed by atoms with E-state index in [1.165, 1.54) is 38.5 Å². The smallest absolute Gasteiger partial charge is 0.147 e. The van der Waals surface area contributed by atoms with Crippen molar-refractivity contribution in [2.75, 3.05) is 18.1 Å². The summed E-state index contributed by atoms with van der Waals surface area (Å²) < 4.78 is 2.23. The molecule has 4 nitrogen and oxygen atoms in total. The molecule has 0 unspecified atom stereocenters. The molecule has 0 aromatic carbocycles. The Labute approximate surface area is 108 Å². The summed E-state index contributed by atoms with van der Waals surface area (Å²) in [5.41, 5.74) is 6.17. The lowest BCUT2D eigenvalue weighted by Gasteiger charge is -2.56. The van der Waals surface area contributed by atoms with Gasteiger partial charge in [-0.1, -0.05) is 0 Å². The Kier molecular flexibility index (Phi) is 2.04. The van der Waals surface area contributed by atoms with Crippen LogP contribution in [0.25, 0.3) is 0 Å². The molecule has 4 fully saturated rings. The summed E-state index contributed by atoms with van der Waals surface area (Å²) in [7, 11) is 1.97. The fourth-order valence-electron chi connectivity index (χ4n) is 5.26. The minimum atomic E-state index is 0.269. The predicted octanol–water partition coefficient (Wildman–Crippen LogP) is 2.43. The molecule has 1 heterocycles. The van der Waals surface area contributed by atoms with E-state index in [2.05, 4.69) is 15.1 Å². The van der Waals surface area contributed by atoms with Gasteiger partial charge in [-0.2, -0.15) is 5.10 Å². The average molecular weight is 246 g/mol. The summed E-state index contributed by atoms with van der Waals surface area (Å²) in [4.78, 5) is 0. The van der Waals surface area contributed by atoms with Gasteiger partial charge in [0.2, 0.25) is 0 Å². The number of hydrogen-bond acceptors (Lipinski definition) is 3.